The second kappa shape index (κ2) is 9.14. The van der Waals surface area contributed by atoms with Crippen molar-refractivity contribution in [1.82, 2.24) is 15.1 Å². The van der Waals surface area contributed by atoms with E-state index in [-0.39, 0.29) is 0 Å². The van der Waals surface area contributed by atoms with Crippen molar-refractivity contribution < 1.29 is 24.2 Å². The van der Waals surface area contributed by atoms with Crippen LogP contribution in [-0.4, -0.2) is 69.5 Å². The van der Waals surface area contributed by atoms with E-state index in [1.165, 1.54) is 25.9 Å². The number of anilines is 1. The molecule has 3 aliphatic heterocycles. The van der Waals surface area contributed by atoms with E-state index < -0.39 is 11.9 Å². The van der Waals surface area contributed by atoms with Crippen LogP contribution in [0.15, 0.2) is 46.9 Å². The minimum atomic E-state index is -1.26. The number of benzene rings is 1. The average molecular weight is 386 g/mol. The molecule has 0 amide bonds. The summed E-state index contributed by atoms with van der Waals surface area (Å²) < 4.78 is 5.90. The minimum absolute atomic E-state index is 0.554. The van der Waals surface area contributed by atoms with Crippen LogP contribution in [0.2, 0.25) is 0 Å². The van der Waals surface area contributed by atoms with Gasteiger partial charge in [0.05, 0.1) is 0 Å². The number of aromatic nitrogens is 2. The lowest BCUT2D eigenvalue weighted by molar-refractivity contribution is -0.134. The van der Waals surface area contributed by atoms with Crippen LogP contribution < -0.4 is 4.90 Å². The third kappa shape index (κ3) is 5.17. The molecule has 0 spiro atoms. The normalized spacial score (nSPS) is 21.1. The van der Waals surface area contributed by atoms with Crippen LogP contribution in [0.1, 0.15) is 12.8 Å². The number of aliphatic carboxylic acids is 2. The Hall–Kier alpha value is -3.20. The van der Waals surface area contributed by atoms with E-state index in [0.29, 0.717) is 30.1 Å². The quantitative estimate of drug-likeness (QED) is 0.757. The van der Waals surface area contributed by atoms with Gasteiger partial charge >= 0.3 is 18.0 Å². The monoisotopic (exact) mass is 386 g/mol. The van der Waals surface area contributed by atoms with E-state index in [0.717, 1.165) is 18.7 Å². The van der Waals surface area contributed by atoms with Gasteiger partial charge in [-0.15, -0.1) is 5.10 Å². The molecule has 148 valence electrons. The number of hydrogen-bond donors (Lipinski definition) is 2. The summed E-state index contributed by atoms with van der Waals surface area (Å²) in [6.07, 6.45) is 3.51. The van der Waals surface area contributed by atoms with Crippen molar-refractivity contribution in [1.29, 1.82) is 0 Å². The van der Waals surface area contributed by atoms with Gasteiger partial charge in [-0.05, 0) is 25.0 Å². The van der Waals surface area contributed by atoms with Gasteiger partial charge in [0.1, 0.15) is 0 Å². The average Bonchev–Trinajstić information content (AvgIpc) is 3.00. The van der Waals surface area contributed by atoms with Crippen LogP contribution in [0.4, 0.5) is 6.01 Å². The fraction of sp³-hybridized carbons (Fsp3) is 0.368. The maximum Gasteiger partial charge on any atom is 0.328 e. The molecule has 2 N–H and O–H groups in total. The van der Waals surface area contributed by atoms with Crippen LogP contribution in [0.3, 0.4) is 0 Å². The van der Waals surface area contributed by atoms with Gasteiger partial charge in [-0.25, -0.2) is 9.59 Å². The summed E-state index contributed by atoms with van der Waals surface area (Å²) in [5.74, 6) is -1.90. The van der Waals surface area contributed by atoms with Crippen molar-refractivity contribution in [2.24, 2.45) is 0 Å². The maximum atomic E-state index is 9.55. The Morgan fingerprint density at radius 2 is 1.61 bits per heavy atom. The number of carboxylic acids is 2. The van der Waals surface area contributed by atoms with Crippen molar-refractivity contribution in [2.75, 3.05) is 31.1 Å². The van der Waals surface area contributed by atoms with Gasteiger partial charge < -0.3 is 24.4 Å². The van der Waals surface area contributed by atoms with Gasteiger partial charge in [-0.2, -0.15) is 0 Å². The Labute approximate surface area is 161 Å². The van der Waals surface area contributed by atoms with E-state index in [1.54, 1.807) is 0 Å². The zero-order valence-corrected chi connectivity index (χ0v) is 15.3. The molecule has 9 heteroatoms. The lowest BCUT2D eigenvalue weighted by Gasteiger charge is -2.29. The lowest BCUT2D eigenvalue weighted by Crippen LogP contribution is -2.38. The molecule has 1 aromatic heterocycles. The van der Waals surface area contributed by atoms with Gasteiger partial charge in [-0.3, -0.25) is 0 Å². The molecular weight excluding hydrogens is 364 g/mol. The molecule has 1 aromatic carbocycles. The first kappa shape index (κ1) is 19.6. The Kier molecular flexibility index (Phi) is 6.38. The Morgan fingerprint density at radius 3 is 2.21 bits per heavy atom. The van der Waals surface area contributed by atoms with E-state index in [9.17, 15) is 9.59 Å². The number of hydrogen-bond acceptors (Lipinski definition) is 7. The van der Waals surface area contributed by atoms with E-state index in [4.69, 9.17) is 14.6 Å². The summed E-state index contributed by atoms with van der Waals surface area (Å²) in [6.45, 7) is 4.47. The number of piperidine rings is 1. The molecule has 28 heavy (non-hydrogen) atoms. The molecule has 2 aromatic rings. The number of rotatable bonds is 4. The second-order valence-electron chi connectivity index (χ2n) is 6.53. The topological polar surface area (TPSA) is 120 Å². The van der Waals surface area contributed by atoms with Crippen LogP contribution in [0, 0.1) is 0 Å². The Morgan fingerprint density at radius 1 is 0.964 bits per heavy atom. The summed E-state index contributed by atoms with van der Waals surface area (Å²) in [5, 5.41) is 24.1. The molecule has 0 radical (unpaired) electrons. The molecule has 0 saturated carbocycles. The standard InChI is InChI=1S/C15H18N4O.C4H4O4/c1-2-4-12(5-3-1)14-16-17-15(20-14)19-11-10-18-8-6-13(19)7-9-18;5-3(6)1-2-4(7)8/h1-5,13H,6-11H2;1-2H,(H,5,6)(H,7,8)/b;2-1+. The number of nitrogens with zero attached hydrogens (tertiary/aromatic N) is 4. The highest BCUT2D eigenvalue weighted by molar-refractivity contribution is 5.89. The molecular formula is C19H22N4O5. The van der Waals surface area contributed by atoms with E-state index >= 15 is 0 Å². The molecule has 5 rings (SSSR count). The minimum Gasteiger partial charge on any atom is -0.478 e. The molecule has 4 heterocycles. The zero-order valence-electron chi connectivity index (χ0n) is 15.3. The highest BCUT2D eigenvalue weighted by atomic mass is 16.4. The molecule has 3 aliphatic rings. The number of fused-ring (bicyclic) bond motifs is 4. The second-order valence-corrected chi connectivity index (χ2v) is 6.53. The fourth-order valence-electron chi connectivity index (χ4n) is 3.31. The highest BCUT2D eigenvalue weighted by Crippen LogP contribution is 2.28. The fourth-order valence-corrected chi connectivity index (χ4v) is 3.31. The summed E-state index contributed by atoms with van der Waals surface area (Å²) in [4.78, 5) is 23.9. The summed E-state index contributed by atoms with van der Waals surface area (Å²) >= 11 is 0. The van der Waals surface area contributed by atoms with Gasteiger partial charge in [0.2, 0.25) is 5.89 Å². The van der Waals surface area contributed by atoms with Crippen molar-refractivity contribution in [3.05, 3.63) is 42.5 Å². The number of carboxylic acid groups (broad SMARTS) is 2. The molecule has 2 bridgehead atoms. The molecule has 9 nitrogen and oxygen atoms in total. The first-order chi connectivity index (χ1) is 13.5. The zero-order chi connectivity index (χ0) is 19.9. The summed E-state index contributed by atoms with van der Waals surface area (Å²) in [7, 11) is 0. The van der Waals surface area contributed by atoms with Crippen LogP contribution >= 0.6 is 0 Å². The molecule has 0 aliphatic carbocycles. The summed E-state index contributed by atoms with van der Waals surface area (Å²) in [6, 6.07) is 11.2. The molecule has 3 saturated heterocycles. The largest absolute Gasteiger partial charge is 0.478 e. The van der Waals surface area contributed by atoms with Gasteiger partial charge in [0, 0.05) is 49.9 Å². The SMILES string of the molecule is O=C(O)/C=C/C(=O)O.c1ccc(-c2nnc(N3CCN4CCC3CC4)o2)cc1. The first-order valence-corrected chi connectivity index (χ1v) is 9.05. The van der Waals surface area contributed by atoms with Crippen LogP contribution in [-0.2, 0) is 9.59 Å². The summed E-state index contributed by atoms with van der Waals surface area (Å²) in [5.41, 5.74) is 0.981. The Bertz CT molecular complexity index is 812. The Balaban J connectivity index is 0.000000242. The smallest absolute Gasteiger partial charge is 0.328 e. The van der Waals surface area contributed by atoms with Crippen molar-refractivity contribution >= 4 is 18.0 Å². The molecule has 0 unspecified atom stereocenters. The number of carbonyl (C=O) groups is 2. The molecule has 3 fully saturated rings. The molecule has 0 atom stereocenters. The lowest BCUT2D eigenvalue weighted by atomic mass is 10.1. The predicted octanol–water partition coefficient (Wildman–Crippen LogP) is 1.73. The van der Waals surface area contributed by atoms with Crippen molar-refractivity contribution in [3.63, 3.8) is 0 Å². The van der Waals surface area contributed by atoms with Crippen molar-refractivity contribution in [2.45, 2.75) is 18.9 Å². The first-order valence-electron chi connectivity index (χ1n) is 9.05. The third-order valence-electron chi connectivity index (χ3n) is 4.70. The van der Waals surface area contributed by atoms with Gasteiger partial charge in [0.15, 0.2) is 0 Å². The maximum absolute atomic E-state index is 9.55. The van der Waals surface area contributed by atoms with E-state index in [1.807, 2.05) is 30.3 Å². The van der Waals surface area contributed by atoms with Gasteiger partial charge in [0.25, 0.3) is 0 Å². The van der Waals surface area contributed by atoms with Crippen LogP contribution in [0.25, 0.3) is 11.5 Å². The van der Waals surface area contributed by atoms with Crippen LogP contribution in [0.5, 0.6) is 0 Å². The highest BCUT2D eigenvalue weighted by Gasteiger charge is 2.31. The van der Waals surface area contributed by atoms with Crippen molar-refractivity contribution in [3.8, 4) is 11.5 Å². The van der Waals surface area contributed by atoms with E-state index in [2.05, 4.69) is 20.0 Å². The van der Waals surface area contributed by atoms with Gasteiger partial charge in [-0.1, -0.05) is 23.3 Å². The third-order valence-corrected chi connectivity index (χ3v) is 4.70. The predicted molar refractivity (Wildman–Crippen MR) is 101 cm³/mol.